The van der Waals surface area contributed by atoms with Crippen LogP contribution >= 0.6 is 11.6 Å². The smallest absolute Gasteiger partial charge is 0.255 e. The molecule has 0 fully saturated rings. The van der Waals surface area contributed by atoms with Crippen molar-refractivity contribution in [3.8, 4) is 17.0 Å². The number of hydrogen-bond donors (Lipinski definition) is 1. The molecule has 0 saturated carbocycles. The highest BCUT2D eigenvalue weighted by atomic mass is 35.5. The Kier molecular flexibility index (Phi) is 5.73. The van der Waals surface area contributed by atoms with E-state index in [4.69, 9.17) is 21.6 Å². The number of halogens is 1. The standard InChI is InChI=1S/C24H24ClN3O2/c1-15(2)23-26-21-12-14-28(24(30)18-5-3-4-6-20(18)25)13-11-19(21)22(27-23)16-7-9-17(29)10-8-16/h3-10,15,29H,11-14H2,1-2H3. The van der Waals surface area contributed by atoms with Gasteiger partial charge in [0.2, 0.25) is 0 Å². The molecule has 1 aliphatic rings. The summed E-state index contributed by atoms with van der Waals surface area (Å²) in [5.41, 5.74) is 4.42. The van der Waals surface area contributed by atoms with E-state index in [1.807, 2.05) is 29.2 Å². The van der Waals surface area contributed by atoms with Crippen LogP contribution in [0.15, 0.2) is 48.5 Å². The summed E-state index contributed by atoms with van der Waals surface area (Å²) in [4.78, 5) is 24.6. The minimum Gasteiger partial charge on any atom is -0.508 e. The van der Waals surface area contributed by atoms with Gasteiger partial charge in [0.1, 0.15) is 11.6 Å². The van der Waals surface area contributed by atoms with Gasteiger partial charge in [0, 0.05) is 42.2 Å². The Morgan fingerprint density at radius 2 is 1.73 bits per heavy atom. The van der Waals surface area contributed by atoms with E-state index in [0.717, 1.165) is 28.3 Å². The highest BCUT2D eigenvalue weighted by molar-refractivity contribution is 6.33. The van der Waals surface area contributed by atoms with Gasteiger partial charge in [0.05, 0.1) is 16.3 Å². The Morgan fingerprint density at radius 1 is 1.03 bits per heavy atom. The van der Waals surface area contributed by atoms with Crippen molar-refractivity contribution in [1.82, 2.24) is 14.9 Å². The number of benzene rings is 2. The number of nitrogens with zero attached hydrogens (tertiary/aromatic N) is 3. The highest BCUT2D eigenvalue weighted by Gasteiger charge is 2.25. The number of aromatic hydroxyl groups is 1. The number of fused-ring (bicyclic) bond motifs is 1. The van der Waals surface area contributed by atoms with Gasteiger partial charge in [-0.25, -0.2) is 9.97 Å². The van der Waals surface area contributed by atoms with Crippen LogP contribution in [0, 0.1) is 0 Å². The second-order valence-corrected chi connectivity index (χ2v) is 8.24. The van der Waals surface area contributed by atoms with Gasteiger partial charge in [-0.15, -0.1) is 0 Å². The Bertz CT molecular complexity index is 1080. The first-order valence-electron chi connectivity index (χ1n) is 10.2. The fourth-order valence-electron chi connectivity index (χ4n) is 3.74. The molecule has 0 radical (unpaired) electrons. The van der Waals surface area contributed by atoms with Crippen LogP contribution in [-0.4, -0.2) is 39.0 Å². The van der Waals surface area contributed by atoms with Crippen LogP contribution in [0.2, 0.25) is 5.02 Å². The molecule has 0 saturated heterocycles. The maximum Gasteiger partial charge on any atom is 0.255 e. The first kappa shape index (κ1) is 20.4. The van der Waals surface area contributed by atoms with Crippen molar-refractivity contribution in [3.05, 3.63) is 76.2 Å². The molecule has 2 heterocycles. The summed E-state index contributed by atoms with van der Waals surface area (Å²) < 4.78 is 0. The average Bonchev–Trinajstić information content (AvgIpc) is 2.96. The van der Waals surface area contributed by atoms with Crippen molar-refractivity contribution in [2.24, 2.45) is 0 Å². The highest BCUT2D eigenvalue weighted by Crippen LogP contribution is 2.30. The third-order valence-corrected chi connectivity index (χ3v) is 5.74. The van der Waals surface area contributed by atoms with Crippen molar-refractivity contribution in [3.63, 3.8) is 0 Å². The van der Waals surface area contributed by atoms with Crippen molar-refractivity contribution < 1.29 is 9.90 Å². The van der Waals surface area contributed by atoms with E-state index in [1.165, 1.54) is 0 Å². The average molecular weight is 422 g/mol. The van der Waals surface area contributed by atoms with Crippen LogP contribution in [0.1, 0.15) is 47.2 Å². The van der Waals surface area contributed by atoms with Crippen molar-refractivity contribution in [1.29, 1.82) is 0 Å². The van der Waals surface area contributed by atoms with Crippen LogP contribution in [-0.2, 0) is 12.8 Å². The third kappa shape index (κ3) is 4.03. The van der Waals surface area contributed by atoms with Crippen molar-refractivity contribution in [2.75, 3.05) is 13.1 Å². The number of aromatic nitrogens is 2. The zero-order valence-corrected chi connectivity index (χ0v) is 17.9. The van der Waals surface area contributed by atoms with Crippen LogP contribution in [0.5, 0.6) is 5.75 Å². The Balaban J connectivity index is 1.70. The molecule has 1 aliphatic heterocycles. The van der Waals surface area contributed by atoms with Gasteiger partial charge in [0.25, 0.3) is 5.91 Å². The van der Waals surface area contributed by atoms with E-state index in [9.17, 15) is 9.90 Å². The fraction of sp³-hybridized carbons (Fsp3) is 0.292. The minimum absolute atomic E-state index is 0.0587. The molecule has 2 aromatic carbocycles. The van der Waals surface area contributed by atoms with Crippen LogP contribution in [0.25, 0.3) is 11.3 Å². The number of hydrogen-bond acceptors (Lipinski definition) is 4. The van der Waals surface area contributed by atoms with Crippen molar-refractivity contribution >= 4 is 17.5 Å². The molecule has 154 valence electrons. The van der Waals surface area contributed by atoms with Crippen molar-refractivity contribution in [2.45, 2.75) is 32.6 Å². The van der Waals surface area contributed by atoms with Gasteiger partial charge in [0.15, 0.2) is 0 Å². The summed E-state index contributed by atoms with van der Waals surface area (Å²) in [5, 5.41) is 10.1. The molecule has 1 N–H and O–H groups in total. The van der Waals surface area contributed by atoms with E-state index in [2.05, 4.69) is 13.8 Å². The topological polar surface area (TPSA) is 66.3 Å². The number of carbonyl (C=O) groups is 1. The minimum atomic E-state index is -0.0587. The molecule has 0 spiro atoms. The molecule has 1 amide bonds. The first-order chi connectivity index (χ1) is 14.4. The molecular formula is C24H24ClN3O2. The lowest BCUT2D eigenvalue weighted by molar-refractivity contribution is 0.0763. The van der Waals surface area contributed by atoms with E-state index in [0.29, 0.717) is 36.5 Å². The summed E-state index contributed by atoms with van der Waals surface area (Å²) in [5.74, 6) is 1.15. The fourth-order valence-corrected chi connectivity index (χ4v) is 3.96. The largest absolute Gasteiger partial charge is 0.508 e. The predicted octanol–water partition coefficient (Wildman–Crippen LogP) is 4.87. The number of phenols is 1. The van der Waals surface area contributed by atoms with E-state index >= 15 is 0 Å². The van der Waals surface area contributed by atoms with Gasteiger partial charge in [-0.3, -0.25) is 4.79 Å². The quantitative estimate of drug-likeness (QED) is 0.655. The molecule has 0 atom stereocenters. The molecule has 30 heavy (non-hydrogen) atoms. The second kappa shape index (κ2) is 8.44. The summed E-state index contributed by atoms with van der Waals surface area (Å²) in [6.45, 7) is 5.31. The normalized spacial score (nSPS) is 13.8. The third-order valence-electron chi connectivity index (χ3n) is 5.41. The maximum atomic E-state index is 13.1. The number of amides is 1. The Labute approximate surface area is 181 Å². The molecule has 0 bridgehead atoms. The van der Waals surface area contributed by atoms with E-state index in [-0.39, 0.29) is 17.6 Å². The molecule has 4 rings (SSSR count). The van der Waals surface area contributed by atoms with E-state index in [1.54, 1.807) is 24.3 Å². The SMILES string of the molecule is CC(C)c1nc2c(c(-c3ccc(O)cc3)n1)CCN(C(=O)c1ccccc1Cl)CC2. The van der Waals surface area contributed by atoms with Crippen LogP contribution in [0.3, 0.4) is 0 Å². The first-order valence-corrected chi connectivity index (χ1v) is 10.5. The maximum absolute atomic E-state index is 13.1. The number of phenolic OH excluding ortho intramolecular Hbond substituents is 1. The predicted molar refractivity (Wildman–Crippen MR) is 118 cm³/mol. The van der Waals surface area contributed by atoms with E-state index < -0.39 is 0 Å². The lowest BCUT2D eigenvalue weighted by Crippen LogP contribution is -2.33. The second-order valence-electron chi connectivity index (χ2n) is 7.83. The lowest BCUT2D eigenvalue weighted by Gasteiger charge is -2.20. The summed E-state index contributed by atoms with van der Waals surface area (Å²) in [7, 11) is 0. The Morgan fingerprint density at radius 3 is 2.43 bits per heavy atom. The zero-order chi connectivity index (χ0) is 21.3. The van der Waals surface area contributed by atoms with Crippen LogP contribution < -0.4 is 0 Å². The van der Waals surface area contributed by atoms with Crippen LogP contribution in [0.4, 0.5) is 0 Å². The summed E-state index contributed by atoms with van der Waals surface area (Å²) >= 11 is 6.25. The molecule has 0 unspecified atom stereocenters. The van der Waals surface area contributed by atoms with Gasteiger partial charge < -0.3 is 10.0 Å². The number of carbonyl (C=O) groups excluding carboxylic acids is 1. The van der Waals surface area contributed by atoms with Gasteiger partial charge in [-0.2, -0.15) is 0 Å². The lowest BCUT2D eigenvalue weighted by atomic mass is 10.00. The summed E-state index contributed by atoms with van der Waals surface area (Å²) in [6.07, 6.45) is 1.33. The molecule has 5 nitrogen and oxygen atoms in total. The van der Waals surface area contributed by atoms with Gasteiger partial charge in [-0.05, 0) is 42.8 Å². The molecule has 3 aromatic rings. The number of rotatable bonds is 3. The van der Waals surface area contributed by atoms with Gasteiger partial charge >= 0.3 is 0 Å². The summed E-state index contributed by atoms with van der Waals surface area (Å²) in [6, 6.07) is 14.2. The monoisotopic (exact) mass is 421 g/mol. The molecule has 1 aromatic heterocycles. The van der Waals surface area contributed by atoms with Gasteiger partial charge in [-0.1, -0.05) is 37.6 Å². The molecular weight excluding hydrogens is 398 g/mol. The molecule has 0 aliphatic carbocycles. The zero-order valence-electron chi connectivity index (χ0n) is 17.1. The Hall–Kier alpha value is -2.92. The molecule has 6 heteroatoms.